The van der Waals surface area contributed by atoms with E-state index in [9.17, 15) is 0 Å². The van der Waals surface area contributed by atoms with Crippen LogP contribution in [0.15, 0.2) is 18.2 Å². The van der Waals surface area contributed by atoms with Gasteiger partial charge in [-0.2, -0.15) is 0 Å². The van der Waals surface area contributed by atoms with Crippen molar-refractivity contribution in [3.05, 3.63) is 29.3 Å². The summed E-state index contributed by atoms with van der Waals surface area (Å²) in [5.74, 6) is 0.884. The Balaban J connectivity index is 2.56. The molecule has 0 bridgehead atoms. The minimum absolute atomic E-state index is 0.524. The second-order valence-corrected chi connectivity index (χ2v) is 4.80. The van der Waals surface area contributed by atoms with Gasteiger partial charge in [-0.3, -0.25) is 0 Å². The van der Waals surface area contributed by atoms with Gasteiger partial charge in [-0.1, -0.05) is 25.8 Å². The smallest absolute Gasteiger partial charge is 0.123 e. The Kier molecular flexibility index (Phi) is 6.76. The van der Waals surface area contributed by atoms with E-state index >= 15 is 0 Å². The number of methoxy groups -OCH3 is 1. The molecule has 0 spiro atoms. The SMILES string of the molecule is CCCCCN(C)Cc1ccc(OC)c(CN)c1. The molecular formula is C15H26N2O. The zero-order valence-electron chi connectivity index (χ0n) is 11.9. The van der Waals surface area contributed by atoms with Crippen LogP contribution in [0.4, 0.5) is 0 Å². The van der Waals surface area contributed by atoms with Crippen molar-refractivity contribution in [2.75, 3.05) is 20.7 Å². The van der Waals surface area contributed by atoms with Gasteiger partial charge < -0.3 is 15.4 Å². The fraction of sp³-hybridized carbons (Fsp3) is 0.600. The Morgan fingerprint density at radius 3 is 2.67 bits per heavy atom. The maximum absolute atomic E-state index is 5.73. The van der Waals surface area contributed by atoms with Crippen LogP contribution in [0.25, 0.3) is 0 Å². The maximum atomic E-state index is 5.73. The number of nitrogens with zero attached hydrogens (tertiary/aromatic N) is 1. The van der Waals surface area contributed by atoms with Crippen molar-refractivity contribution in [1.29, 1.82) is 0 Å². The van der Waals surface area contributed by atoms with E-state index in [0.717, 1.165) is 24.4 Å². The number of nitrogens with two attached hydrogens (primary N) is 1. The summed E-state index contributed by atoms with van der Waals surface area (Å²) in [4.78, 5) is 2.36. The van der Waals surface area contributed by atoms with E-state index in [-0.39, 0.29) is 0 Å². The van der Waals surface area contributed by atoms with E-state index in [1.54, 1.807) is 7.11 Å². The van der Waals surface area contributed by atoms with E-state index in [1.165, 1.54) is 24.8 Å². The summed E-state index contributed by atoms with van der Waals surface area (Å²) in [6.07, 6.45) is 3.85. The molecular weight excluding hydrogens is 224 g/mol. The standard InChI is InChI=1S/C15H26N2O/c1-4-5-6-9-17(2)12-13-7-8-15(18-3)14(10-13)11-16/h7-8,10H,4-6,9,11-12,16H2,1-3H3. The van der Waals surface area contributed by atoms with Gasteiger partial charge in [-0.25, -0.2) is 0 Å². The van der Waals surface area contributed by atoms with Gasteiger partial charge >= 0.3 is 0 Å². The van der Waals surface area contributed by atoms with Crippen LogP contribution in [0.3, 0.4) is 0 Å². The van der Waals surface area contributed by atoms with Crippen LogP contribution in [0.2, 0.25) is 0 Å². The molecule has 0 aliphatic carbocycles. The maximum Gasteiger partial charge on any atom is 0.123 e. The van der Waals surface area contributed by atoms with Crippen LogP contribution in [0, 0.1) is 0 Å². The number of benzene rings is 1. The molecule has 0 aliphatic rings. The zero-order chi connectivity index (χ0) is 13.4. The third-order valence-corrected chi connectivity index (χ3v) is 3.16. The van der Waals surface area contributed by atoms with Gasteiger partial charge in [-0.05, 0) is 37.7 Å². The molecule has 0 aromatic heterocycles. The molecule has 3 nitrogen and oxygen atoms in total. The molecule has 1 rings (SSSR count). The van der Waals surface area contributed by atoms with Gasteiger partial charge in [-0.15, -0.1) is 0 Å². The van der Waals surface area contributed by atoms with Crippen LogP contribution < -0.4 is 10.5 Å². The number of hydrogen-bond acceptors (Lipinski definition) is 3. The normalized spacial score (nSPS) is 10.9. The van der Waals surface area contributed by atoms with Gasteiger partial charge in [0.2, 0.25) is 0 Å². The van der Waals surface area contributed by atoms with Crippen molar-refractivity contribution in [3.8, 4) is 5.75 Å². The van der Waals surface area contributed by atoms with Crippen molar-refractivity contribution < 1.29 is 4.74 Å². The highest BCUT2D eigenvalue weighted by atomic mass is 16.5. The van der Waals surface area contributed by atoms with Gasteiger partial charge in [0.15, 0.2) is 0 Å². The molecule has 2 N–H and O–H groups in total. The Bertz CT molecular complexity index is 352. The molecule has 0 fully saturated rings. The van der Waals surface area contributed by atoms with Crippen LogP contribution in [-0.2, 0) is 13.1 Å². The molecule has 0 radical (unpaired) electrons. The lowest BCUT2D eigenvalue weighted by Gasteiger charge is -2.17. The van der Waals surface area contributed by atoms with E-state index in [2.05, 4.69) is 31.0 Å². The fourth-order valence-corrected chi connectivity index (χ4v) is 2.11. The summed E-state index contributed by atoms with van der Waals surface area (Å²) in [6.45, 7) is 4.88. The van der Waals surface area contributed by atoms with Gasteiger partial charge in [0, 0.05) is 18.7 Å². The summed E-state index contributed by atoms with van der Waals surface area (Å²) in [6, 6.07) is 6.28. The summed E-state index contributed by atoms with van der Waals surface area (Å²) in [5, 5.41) is 0. The third kappa shape index (κ3) is 4.67. The number of hydrogen-bond donors (Lipinski definition) is 1. The summed E-state index contributed by atoms with van der Waals surface area (Å²) < 4.78 is 5.28. The minimum Gasteiger partial charge on any atom is -0.496 e. The molecule has 102 valence electrons. The lowest BCUT2D eigenvalue weighted by atomic mass is 10.1. The van der Waals surface area contributed by atoms with Crippen molar-refractivity contribution in [2.45, 2.75) is 39.3 Å². The van der Waals surface area contributed by atoms with E-state index < -0.39 is 0 Å². The quantitative estimate of drug-likeness (QED) is 0.721. The highest BCUT2D eigenvalue weighted by Crippen LogP contribution is 2.20. The molecule has 0 aliphatic heterocycles. The molecule has 0 unspecified atom stereocenters. The lowest BCUT2D eigenvalue weighted by molar-refractivity contribution is 0.318. The number of ether oxygens (including phenoxy) is 1. The average molecular weight is 250 g/mol. The monoisotopic (exact) mass is 250 g/mol. The van der Waals surface area contributed by atoms with Gasteiger partial charge in [0.25, 0.3) is 0 Å². The molecule has 3 heteroatoms. The van der Waals surface area contributed by atoms with Crippen LogP contribution in [-0.4, -0.2) is 25.6 Å². The van der Waals surface area contributed by atoms with Crippen LogP contribution >= 0.6 is 0 Å². The molecule has 0 atom stereocenters. The molecule has 1 aromatic rings. The fourth-order valence-electron chi connectivity index (χ4n) is 2.11. The molecule has 0 heterocycles. The molecule has 0 amide bonds. The first kappa shape index (κ1) is 15.0. The Labute approximate surface area is 111 Å². The van der Waals surface area contributed by atoms with Crippen LogP contribution in [0.5, 0.6) is 5.75 Å². The molecule has 0 saturated heterocycles. The molecule has 0 saturated carbocycles. The molecule has 18 heavy (non-hydrogen) atoms. The van der Waals surface area contributed by atoms with Gasteiger partial charge in [0.1, 0.15) is 5.75 Å². The van der Waals surface area contributed by atoms with Crippen molar-refractivity contribution in [1.82, 2.24) is 4.90 Å². The van der Waals surface area contributed by atoms with Crippen LogP contribution in [0.1, 0.15) is 37.3 Å². The molecule has 1 aromatic carbocycles. The third-order valence-electron chi connectivity index (χ3n) is 3.16. The first-order valence-corrected chi connectivity index (χ1v) is 6.75. The summed E-state index contributed by atoms with van der Waals surface area (Å²) in [7, 11) is 3.85. The Morgan fingerprint density at radius 2 is 2.06 bits per heavy atom. The Hall–Kier alpha value is -1.06. The predicted octanol–water partition coefficient (Wildman–Crippen LogP) is 2.78. The van der Waals surface area contributed by atoms with E-state index in [4.69, 9.17) is 10.5 Å². The predicted molar refractivity (Wildman–Crippen MR) is 76.7 cm³/mol. The largest absolute Gasteiger partial charge is 0.496 e. The van der Waals surface area contributed by atoms with E-state index in [1.807, 2.05) is 6.07 Å². The number of unbranched alkanes of at least 4 members (excludes halogenated alkanes) is 2. The lowest BCUT2D eigenvalue weighted by Crippen LogP contribution is -2.19. The average Bonchev–Trinajstić information content (AvgIpc) is 2.39. The second-order valence-electron chi connectivity index (χ2n) is 4.80. The second kappa shape index (κ2) is 8.11. The topological polar surface area (TPSA) is 38.5 Å². The Morgan fingerprint density at radius 1 is 1.28 bits per heavy atom. The van der Waals surface area contributed by atoms with E-state index in [0.29, 0.717) is 6.54 Å². The van der Waals surface area contributed by atoms with Crippen molar-refractivity contribution >= 4 is 0 Å². The first-order chi connectivity index (χ1) is 8.71. The van der Waals surface area contributed by atoms with Gasteiger partial charge in [0.05, 0.1) is 7.11 Å². The first-order valence-electron chi connectivity index (χ1n) is 6.75. The highest BCUT2D eigenvalue weighted by molar-refractivity contribution is 5.37. The minimum atomic E-state index is 0.524. The highest BCUT2D eigenvalue weighted by Gasteiger charge is 2.05. The number of rotatable bonds is 8. The summed E-state index contributed by atoms with van der Waals surface area (Å²) >= 11 is 0. The zero-order valence-corrected chi connectivity index (χ0v) is 11.9. The summed E-state index contributed by atoms with van der Waals surface area (Å²) in [5.41, 5.74) is 8.11. The van der Waals surface area contributed by atoms with Crippen molar-refractivity contribution in [2.24, 2.45) is 5.73 Å². The van der Waals surface area contributed by atoms with Crippen molar-refractivity contribution in [3.63, 3.8) is 0 Å².